The number of piperidine rings is 2. The SMILES string of the molecule is CC[C@@H]1CN2CC[C@@]3(O)C(=Nc4ccc(-c5ccoc5)c(OC)c43)C2C[C@@H]1C(=COC)C(=O)O. The molecule has 0 bridgehead atoms. The number of carboxylic acids is 1. The second-order valence-electron chi connectivity index (χ2n) is 9.30. The van der Waals surface area contributed by atoms with Crippen LogP contribution < -0.4 is 4.74 Å². The van der Waals surface area contributed by atoms with Gasteiger partial charge in [-0.15, -0.1) is 0 Å². The molecule has 8 heteroatoms. The fourth-order valence-corrected chi connectivity index (χ4v) is 6.07. The summed E-state index contributed by atoms with van der Waals surface area (Å²) in [6, 6.07) is 5.54. The van der Waals surface area contributed by atoms with Crippen LogP contribution in [0, 0.1) is 11.8 Å². The van der Waals surface area contributed by atoms with Crippen LogP contribution in [0.4, 0.5) is 5.69 Å². The monoisotopic (exact) mass is 466 g/mol. The summed E-state index contributed by atoms with van der Waals surface area (Å²) in [6.07, 6.45) is 6.54. The van der Waals surface area contributed by atoms with E-state index in [-0.39, 0.29) is 23.5 Å². The van der Waals surface area contributed by atoms with Crippen LogP contribution >= 0.6 is 0 Å². The largest absolute Gasteiger partial charge is 0.504 e. The van der Waals surface area contributed by atoms with Gasteiger partial charge in [0, 0.05) is 24.2 Å². The third kappa shape index (κ3) is 3.35. The lowest BCUT2D eigenvalue weighted by molar-refractivity contribution is -0.134. The van der Waals surface area contributed by atoms with Gasteiger partial charge >= 0.3 is 5.97 Å². The van der Waals surface area contributed by atoms with E-state index < -0.39 is 11.6 Å². The maximum atomic E-state index is 12.1. The maximum Gasteiger partial charge on any atom is 0.334 e. The first-order valence-corrected chi connectivity index (χ1v) is 11.7. The molecule has 2 saturated heterocycles. The lowest BCUT2D eigenvalue weighted by Crippen LogP contribution is -2.60. The standard InChI is InChI=1S/C26H30N2O6/c1-4-15-12-28-9-8-26(31)22-20(6-5-17(23(22)33-3)16-7-10-34-13-16)27-24(26)21(28)11-18(15)19(14-32-2)25(29)30/h5-7,10,13-15,18,21,31H,4,8-9,11-12H2,1-3H3,(H,29,30)/t15-,18+,21?,26+/m1/s1. The fourth-order valence-electron chi connectivity index (χ4n) is 6.07. The summed E-state index contributed by atoms with van der Waals surface area (Å²) >= 11 is 0. The molecular weight excluding hydrogens is 436 g/mol. The number of hydrogen-bond donors (Lipinski definition) is 2. The lowest BCUT2D eigenvalue weighted by Gasteiger charge is -2.50. The van der Waals surface area contributed by atoms with Crippen molar-refractivity contribution in [3.8, 4) is 16.9 Å². The Bertz CT molecular complexity index is 1150. The highest BCUT2D eigenvalue weighted by Crippen LogP contribution is 2.53. The fraction of sp³-hybridized carbons (Fsp3) is 0.462. The molecule has 2 aromatic rings. The lowest BCUT2D eigenvalue weighted by atomic mass is 9.70. The zero-order valence-corrected chi connectivity index (χ0v) is 19.7. The van der Waals surface area contributed by atoms with Gasteiger partial charge < -0.3 is 24.1 Å². The molecule has 0 amide bonds. The number of furan rings is 1. The van der Waals surface area contributed by atoms with Crippen molar-refractivity contribution in [2.75, 3.05) is 27.3 Å². The normalized spacial score (nSPS) is 28.5. The van der Waals surface area contributed by atoms with Gasteiger partial charge in [0.15, 0.2) is 0 Å². The van der Waals surface area contributed by atoms with Gasteiger partial charge in [-0.1, -0.05) is 13.3 Å². The topological polar surface area (TPSA) is 105 Å². The second kappa shape index (κ2) is 8.60. The first-order chi connectivity index (χ1) is 16.4. The number of benzene rings is 1. The number of aliphatic carboxylic acids is 1. The van der Waals surface area contributed by atoms with Gasteiger partial charge in [-0.3, -0.25) is 9.89 Å². The van der Waals surface area contributed by atoms with Crippen LogP contribution in [0.25, 0.3) is 11.1 Å². The van der Waals surface area contributed by atoms with E-state index in [1.54, 1.807) is 19.6 Å². The Hall–Kier alpha value is -3.10. The Morgan fingerprint density at radius 3 is 2.82 bits per heavy atom. The third-order valence-corrected chi connectivity index (χ3v) is 7.70. The van der Waals surface area contributed by atoms with Crippen LogP contribution in [-0.2, 0) is 15.1 Å². The number of nitrogens with zero attached hydrogens (tertiary/aromatic N) is 2. The molecule has 3 aliphatic rings. The predicted octanol–water partition coefficient (Wildman–Crippen LogP) is 3.96. The summed E-state index contributed by atoms with van der Waals surface area (Å²) in [5, 5.41) is 21.9. The number of carbonyl (C=O) groups is 1. The number of ether oxygens (including phenoxy) is 2. The zero-order valence-electron chi connectivity index (χ0n) is 19.7. The summed E-state index contributed by atoms with van der Waals surface area (Å²) < 4.78 is 16.2. The Morgan fingerprint density at radius 1 is 1.35 bits per heavy atom. The zero-order chi connectivity index (χ0) is 24.0. The molecule has 0 spiro atoms. The van der Waals surface area contributed by atoms with Gasteiger partial charge in [-0.05, 0) is 42.9 Å². The molecule has 4 atom stereocenters. The van der Waals surface area contributed by atoms with Crippen molar-refractivity contribution in [3.05, 3.63) is 48.1 Å². The van der Waals surface area contributed by atoms with Gasteiger partial charge in [-0.25, -0.2) is 4.79 Å². The molecule has 1 unspecified atom stereocenters. The highest BCUT2D eigenvalue weighted by molar-refractivity contribution is 6.06. The molecule has 5 rings (SSSR count). The molecule has 180 valence electrons. The molecule has 0 radical (unpaired) electrons. The molecule has 2 N–H and O–H groups in total. The van der Waals surface area contributed by atoms with Gasteiger partial charge in [0.05, 0.1) is 61.6 Å². The average molecular weight is 467 g/mol. The summed E-state index contributed by atoms with van der Waals surface area (Å²) in [4.78, 5) is 19.3. The molecule has 34 heavy (non-hydrogen) atoms. The first-order valence-electron chi connectivity index (χ1n) is 11.7. The molecule has 3 aliphatic heterocycles. The van der Waals surface area contributed by atoms with Gasteiger partial charge in [0.2, 0.25) is 0 Å². The number of fused-ring (bicyclic) bond motifs is 5. The number of methoxy groups -OCH3 is 2. The van der Waals surface area contributed by atoms with Gasteiger partial charge in [-0.2, -0.15) is 0 Å². The molecule has 0 saturated carbocycles. The minimum atomic E-state index is -1.26. The van der Waals surface area contributed by atoms with Crippen molar-refractivity contribution in [1.82, 2.24) is 4.90 Å². The van der Waals surface area contributed by atoms with Crippen molar-refractivity contribution in [3.63, 3.8) is 0 Å². The molecule has 1 aromatic heterocycles. The van der Waals surface area contributed by atoms with Crippen LogP contribution in [0.3, 0.4) is 0 Å². The smallest absolute Gasteiger partial charge is 0.334 e. The first kappa shape index (κ1) is 22.7. The maximum absolute atomic E-state index is 12.1. The molecule has 2 fully saturated rings. The van der Waals surface area contributed by atoms with E-state index in [0.717, 1.165) is 24.1 Å². The van der Waals surface area contributed by atoms with Gasteiger partial charge in [0.25, 0.3) is 0 Å². The van der Waals surface area contributed by atoms with E-state index in [2.05, 4.69) is 11.8 Å². The van der Waals surface area contributed by atoms with Crippen molar-refractivity contribution in [2.45, 2.75) is 37.8 Å². The molecule has 0 aliphatic carbocycles. The molecule has 1 aromatic carbocycles. The van der Waals surface area contributed by atoms with Crippen molar-refractivity contribution in [1.29, 1.82) is 0 Å². The van der Waals surface area contributed by atoms with Crippen LogP contribution in [0.15, 0.2) is 52.0 Å². The third-order valence-electron chi connectivity index (χ3n) is 7.70. The Morgan fingerprint density at radius 2 is 2.18 bits per heavy atom. The van der Waals surface area contributed by atoms with Crippen LogP contribution in [0.2, 0.25) is 0 Å². The second-order valence-corrected chi connectivity index (χ2v) is 9.30. The number of carboxylic acid groups (broad SMARTS) is 1. The number of aliphatic imine (C=N–C) groups is 1. The highest BCUT2D eigenvalue weighted by atomic mass is 16.5. The number of hydrogen-bond acceptors (Lipinski definition) is 7. The summed E-state index contributed by atoms with van der Waals surface area (Å²) in [5.41, 5.74) is 2.78. The average Bonchev–Trinajstić information content (AvgIpc) is 3.47. The molecule has 4 heterocycles. The minimum Gasteiger partial charge on any atom is -0.504 e. The summed E-state index contributed by atoms with van der Waals surface area (Å²) in [5.74, 6) is -0.377. The van der Waals surface area contributed by atoms with Crippen molar-refractivity contribution >= 4 is 17.4 Å². The van der Waals surface area contributed by atoms with Crippen LogP contribution in [0.5, 0.6) is 5.75 Å². The molecular formula is C26H30N2O6. The quantitative estimate of drug-likeness (QED) is 0.490. The van der Waals surface area contributed by atoms with E-state index in [1.165, 1.54) is 13.4 Å². The van der Waals surface area contributed by atoms with E-state index in [1.807, 2.05) is 18.2 Å². The Kier molecular flexibility index (Phi) is 5.73. The van der Waals surface area contributed by atoms with Crippen LogP contribution in [-0.4, -0.2) is 60.1 Å². The molecule has 8 nitrogen and oxygen atoms in total. The van der Waals surface area contributed by atoms with Crippen molar-refractivity contribution < 1.29 is 28.9 Å². The van der Waals surface area contributed by atoms with E-state index in [0.29, 0.717) is 42.1 Å². The number of aliphatic hydroxyl groups is 1. The summed E-state index contributed by atoms with van der Waals surface area (Å²) in [7, 11) is 3.08. The van der Waals surface area contributed by atoms with E-state index in [9.17, 15) is 15.0 Å². The minimum absolute atomic E-state index is 0.166. The predicted molar refractivity (Wildman–Crippen MR) is 126 cm³/mol. The Labute approximate surface area is 198 Å². The Balaban J connectivity index is 1.56. The van der Waals surface area contributed by atoms with Gasteiger partial charge in [0.1, 0.15) is 11.4 Å². The van der Waals surface area contributed by atoms with Crippen molar-refractivity contribution in [2.24, 2.45) is 16.8 Å². The highest BCUT2D eigenvalue weighted by Gasteiger charge is 2.54. The number of rotatable bonds is 6. The van der Waals surface area contributed by atoms with E-state index in [4.69, 9.17) is 18.9 Å². The van der Waals surface area contributed by atoms with E-state index >= 15 is 0 Å². The van der Waals surface area contributed by atoms with Crippen LogP contribution in [0.1, 0.15) is 31.7 Å². The summed E-state index contributed by atoms with van der Waals surface area (Å²) in [6.45, 7) is 3.54.